The molecule has 2 heterocycles. The number of nitrogens with zero attached hydrogens (tertiary/aromatic N) is 2. The topological polar surface area (TPSA) is 64.7 Å². The molecule has 0 bridgehead atoms. The van der Waals surface area contributed by atoms with Gasteiger partial charge in [0.1, 0.15) is 0 Å². The SMILES string of the molecule is CC(=O)N1CCN(c2ccccc2CNC(=O)C2CC23CCNCC3)CC1. The maximum atomic E-state index is 12.7. The highest BCUT2D eigenvalue weighted by molar-refractivity contribution is 5.82. The number of nitrogens with one attached hydrogen (secondary N) is 2. The summed E-state index contributed by atoms with van der Waals surface area (Å²) in [6.45, 7) is 7.48. The molecule has 1 saturated carbocycles. The Morgan fingerprint density at radius 2 is 1.85 bits per heavy atom. The van der Waals surface area contributed by atoms with E-state index in [1.165, 1.54) is 5.69 Å². The van der Waals surface area contributed by atoms with Crippen LogP contribution in [0.1, 0.15) is 31.7 Å². The van der Waals surface area contributed by atoms with Gasteiger partial charge in [-0.05, 0) is 49.4 Å². The third-order valence-electron chi connectivity index (χ3n) is 6.62. The molecule has 2 N–H and O–H groups in total. The van der Waals surface area contributed by atoms with Gasteiger partial charge >= 0.3 is 0 Å². The van der Waals surface area contributed by atoms with Crippen molar-refractivity contribution in [2.75, 3.05) is 44.2 Å². The van der Waals surface area contributed by atoms with E-state index in [2.05, 4.69) is 27.7 Å². The number of piperazine rings is 1. The minimum Gasteiger partial charge on any atom is -0.368 e. The lowest BCUT2D eigenvalue weighted by Crippen LogP contribution is -2.48. The number of rotatable bonds is 4. The number of carbonyl (C=O) groups is 2. The fourth-order valence-electron chi connectivity index (χ4n) is 4.73. The molecule has 1 atom stereocenters. The molecule has 1 aromatic rings. The van der Waals surface area contributed by atoms with Crippen LogP contribution in [-0.4, -0.2) is 56.0 Å². The maximum absolute atomic E-state index is 12.7. The Hall–Kier alpha value is -2.08. The highest BCUT2D eigenvalue weighted by atomic mass is 16.2. The summed E-state index contributed by atoms with van der Waals surface area (Å²) >= 11 is 0. The summed E-state index contributed by atoms with van der Waals surface area (Å²) in [6, 6.07) is 8.29. The summed E-state index contributed by atoms with van der Waals surface area (Å²) in [5, 5.41) is 6.58. The van der Waals surface area contributed by atoms with Crippen LogP contribution in [0.4, 0.5) is 5.69 Å². The monoisotopic (exact) mass is 370 g/mol. The predicted octanol–water partition coefficient (Wildman–Crippen LogP) is 1.36. The average molecular weight is 370 g/mol. The molecule has 2 amide bonds. The van der Waals surface area contributed by atoms with Gasteiger partial charge in [0.15, 0.2) is 0 Å². The van der Waals surface area contributed by atoms with Crippen LogP contribution in [0, 0.1) is 11.3 Å². The first-order chi connectivity index (χ1) is 13.1. The standard InChI is InChI=1S/C21H30N4O2/c1-16(26)24-10-12-25(13-11-24)19-5-3-2-4-17(19)15-23-20(27)18-14-21(18)6-8-22-9-7-21/h2-5,18,22H,6-15H2,1H3,(H,23,27). The molecule has 4 rings (SSSR count). The predicted molar refractivity (Wildman–Crippen MR) is 105 cm³/mol. The molecule has 6 heteroatoms. The van der Waals surface area contributed by atoms with Crippen LogP contribution in [0.3, 0.4) is 0 Å². The number of benzene rings is 1. The van der Waals surface area contributed by atoms with Crippen LogP contribution >= 0.6 is 0 Å². The van der Waals surface area contributed by atoms with Crippen molar-refractivity contribution in [1.82, 2.24) is 15.5 Å². The van der Waals surface area contributed by atoms with E-state index in [0.717, 1.165) is 64.1 Å². The van der Waals surface area contributed by atoms with E-state index in [-0.39, 0.29) is 23.1 Å². The minimum atomic E-state index is 0.145. The van der Waals surface area contributed by atoms with Crippen molar-refractivity contribution < 1.29 is 9.59 Å². The van der Waals surface area contributed by atoms with Gasteiger partial charge in [0.25, 0.3) is 0 Å². The van der Waals surface area contributed by atoms with Gasteiger partial charge in [0.2, 0.25) is 11.8 Å². The van der Waals surface area contributed by atoms with Gasteiger partial charge in [-0.15, -0.1) is 0 Å². The first-order valence-electron chi connectivity index (χ1n) is 10.2. The molecule has 146 valence electrons. The molecular formula is C21H30N4O2. The first kappa shape index (κ1) is 18.3. The van der Waals surface area contributed by atoms with Gasteiger partial charge in [0.05, 0.1) is 0 Å². The number of amides is 2. The number of para-hydroxylation sites is 1. The van der Waals surface area contributed by atoms with Crippen molar-refractivity contribution >= 4 is 17.5 Å². The fourth-order valence-corrected chi connectivity index (χ4v) is 4.73. The van der Waals surface area contributed by atoms with E-state index in [4.69, 9.17) is 0 Å². The van der Waals surface area contributed by atoms with Crippen LogP contribution in [0.5, 0.6) is 0 Å². The van der Waals surface area contributed by atoms with Gasteiger partial charge in [0, 0.05) is 51.3 Å². The number of anilines is 1. The molecule has 3 aliphatic rings. The summed E-state index contributed by atoms with van der Waals surface area (Å²) in [5.74, 6) is 0.561. The molecule has 3 fully saturated rings. The molecule has 1 aromatic carbocycles. The highest BCUT2D eigenvalue weighted by Crippen LogP contribution is 2.58. The van der Waals surface area contributed by atoms with E-state index in [0.29, 0.717) is 6.54 Å². The highest BCUT2D eigenvalue weighted by Gasteiger charge is 2.57. The number of hydrogen-bond donors (Lipinski definition) is 2. The van der Waals surface area contributed by atoms with Crippen molar-refractivity contribution in [1.29, 1.82) is 0 Å². The average Bonchev–Trinajstić information content (AvgIpc) is 3.39. The second-order valence-corrected chi connectivity index (χ2v) is 8.21. The fraction of sp³-hybridized carbons (Fsp3) is 0.619. The van der Waals surface area contributed by atoms with Gasteiger partial charge in [-0.25, -0.2) is 0 Å². The van der Waals surface area contributed by atoms with Crippen molar-refractivity contribution in [2.45, 2.75) is 32.7 Å². The third kappa shape index (κ3) is 3.81. The number of carbonyl (C=O) groups excluding carboxylic acids is 2. The lowest BCUT2D eigenvalue weighted by atomic mass is 9.92. The smallest absolute Gasteiger partial charge is 0.223 e. The summed E-state index contributed by atoms with van der Waals surface area (Å²) in [5.41, 5.74) is 2.60. The van der Waals surface area contributed by atoms with E-state index in [1.54, 1.807) is 6.92 Å². The summed E-state index contributed by atoms with van der Waals surface area (Å²) in [7, 11) is 0. The number of hydrogen-bond acceptors (Lipinski definition) is 4. The van der Waals surface area contributed by atoms with E-state index in [9.17, 15) is 9.59 Å². The molecule has 1 spiro atoms. The molecule has 0 aromatic heterocycles. The largest absolute Gasteiger partial charge is 0.368 e. The Kier molecular flexibility index (Phi) is 5.08. The second-order valence-electron chi connectivity index (χ2n) is 8.21. The quantitative estimate of drug-likeness (QED) is 0.840. The van der Waals surface area contributed by atoms with Crippen LogP contribution in [0.2, 0.25) is 0 Å². The molecule has 1 aliphatic carbocycles. The molecule has 6 nitrogen and oxygen atoms in total. The summed E-state index contributed by atoms with van der Waals surface area (Å²) < 4.78 is 0. The van der Waals surface area contributed by atoms with Gasteiger partial charge < -0.3 is 20.4 Å². The lowest BCUT2D eigenvalue weighted by molar-refractivity contribution is -0.129. The molecule has 2 aliphatic heterocycles. The third-order valence-corrected chi connectivity index (χ3v) is 6.62. The number of piperidine rings is 1. The Morgan fingerprint density at radius 1 is 1.15 bits per heavy atom. The van der Waals surface area contributed by atoms with E-state index < -0.39 is 0 Å². The van der Waals surface area contributed by atoms with Gasteiger partial charge in [-0.3, -0.25) is 9.59 Å². The Bertz CT molecular complexity index is 706. The van der Waals surface area contributed by atoms with Crippen molar-refractivity contribution in [3.05, 3.63) is 29.8 Å². The van der Waals surface area contributed by atoms with Crippen LogP contribution in [-0.2, 0) is 16.1 Å². The summed E-state index contributed by atoms with van der Waals surface area (Å²) in [6.07, 6.45) is 3.30. The van der Waals surface area contributed by atoms with Crippen molar-refractivity contribution in [3.63, 3.8) is 0 Å². The Balaban J connectivity index is 1.35. The zero-order valence-corrected chi connectivity index (χ0v) is 16.2. The Labute approximate surface area is 161 Å². The molecule has 0 radical (unpaired) electrons. The molecular weight excluding hydrogens is 340 g/mol. The minimum absolute atomic E-state index is 0.145. The van der Waals surface area contributed by atoms with Gasteiger partial charge in [-0.1, -0.05) is 18.2 Å². The molecule has 1 unspecified atom stereocenters. The molecule has 27 heavy (non-hydrogen) atoms. The van der Waals surface area contributed by atoms with Crippen molar-refractivity contribution in [3.8, 4) is 0 Å². The van der Waals surface area contributed by atoms with Gasteiger partial charge in [-0.2, -0.15) is 0 Å². The first-order valence-corrected chi connectivity index (χ1v) is 10.2. The zero-order valence-electron chi connectivity index (χ0n) is 16.2. The van der Waals surface area contributed by atoms with E-state index >= 15 is 0 Å². The van der Waals surface area contributed by atoms with Crippen molar-refractivity contribution in [2.24, 2.45) is 11.3 Å². The van der Waals surface area contributed by atoms with E-state index in [1.807, 2.05) is 17.0 Å². The Morgan fingerprint density at radius 3 is 2.56 bits per heavy atom. The van der Waals surface area contributed by atoms with Crippen LogP contribution in [0.25, 0.3) is 0 Å². The zero-order chi connectivity index (χ0) is 18.9. The molecule has 2 saturated heterocycles. The lowest BCUT2D eigenvalue weighted by Gasteiger charge is -2.36. The second kappa shape index (κ2) is 7.50. The normalized spacial score (nSPS) is 24.0. The van der Waals surface area contributed by atoms with Crippen LogP contribution < -0.4 is 15.5 Å². The van der Waals surface area contributed by atoms with Crippen LogP contribution in [0.15, 0.2) is 24.3 Å². The maximum Gasteiger partial charge on any atom is 0.223 e. The summed E-state index contributed by atoms with van der Waals surface area (Å²) in [4.78, 5) is 28.4.